The highest BCUT2D eigenvalue weighted by atomic mass is 32.1. The van der Waals surface area contributed by atoms with E-state index in [9.17, 15) is 9.90 Å². The van der Waals surface area contributed by atoms with E-state index in [1.54, 1.807) is 10.9 Å². The number of hydrogen-bond donors (Lipinski definition) is 2. The van der Waals surface area contributed by atoms with Gasteiger partial charge < -0.3 is 10.2 Å². The van der Waals surface area contributed by atoms with E-state index >= 15 is 0 Å². The van der Waals surface area contributed by atoms with Crippen LogP contribution < -0.4 is 0 Å². The Kier molecular flexibility index (Phi) is 4.71. The van der Waals surface area contributed by atoms with Gasteiger partial charge in [-0.15, -0.1) is 11.3 Å². The second-order valence-electron chi connectivity index (χ2n) is 3.45. The molecule has 4 nitrogen and oxygen atoms in total. The van der Waals surface area contributed by atoms with Gasteiger partial charge in [-0.05, 0) is 6.42 Å². The standard InChI is InChI=1S/C10H15NO3S/c1-2-3-4-7(10(13)14)9(12)8-5-15-6-11-8/h5-7,9,12H,2-4H2,1H3,(H,13,14). The van der Waals surface area contributed by atoms with Crippen LogP contribution in [-0.2, 0) is 4.79 Å². The number of rotatable bonds is 6. The Balaban J connectivity index is 2.67. The number of aromatic nitrogens is 1. The van der Waals surface area contributed by atoms with Gasteiger partial charge in [0.1, 0.15) is 6.10 Å². The first-order valence-electron chi connectivity index (χ1n) is 4.95. The quantitative estimate of drug-likeness (QED) is 0.783. The number of aliphatic hydroxyl groups is 1. The lowest BCUT2D eigenvalue weighted by Gasteiger charge is -2.16. The first-order valence-corrected chi connectivity index (χ1v) is 5.90. The molecule has 1 heterocycles. The SMILES string of the molecule is CCCCC(C(=O)O)C(O)c1cscn1. The van der Waals surface area contributed by atoms with Crippen molar-refractivity contribution in [3.05, 3.63) is 16.6 Å². The lowest BCUT2D eigenvalue weighted by molar-refractivity contribution is -0.146. The molecule has 0 aliphatic carbocycles. The molecule has 0 spiro atoms. The Bertz CT molecular complexity index is 300. The molecule has 15 heavy (non-hydrogen) atoms. The number of carboxylic acid groups (broad SMARTS) is 1. The molecule has 0 saturated heterocycles. The van der Waals surface area contributed by atoms with Gasteiger partial charge in [0.25, 0.3) is 0 Å². The fourth-order valence-corrected chi connectivity index (χ4v) is 2.00. The molecule has 5 heteroatoms. The van der Waals surface area contributed by atoms with E-state index in [2.05, 4.69) is 4.98 Å². The minimum absolute atomic E-state index is 0.462. The van der Waals surface area contributed by atoms with Gasteiger partial charge in [0.05, 0.1) is 17.1 Å². The molecule has 2 unspecified atom stereocenters. The van der Waals surface area contributed by atoms with Gasteiger partial charge >= 0.3 is 5.97 Å². The molecular formula is C10H15NO3S. The minimum atomic E-state index is -0.986. The summed E-state index contributed by atoms with van der Waals surface area (Å²) < 4.78 is 0. The second kappa shape index (κ2) is 5.82. The molecule has 0 aliphatic heterocycles. The maximum absolute atomic E-state index is 11.0. The lowest BCUT2D eigenvalue weighted by atomic mass is 9.94. The van der Waals surface area contributed by atoms with E-state index in [0.29, 0.717) is 12.1 Å². The van der Waals surface area contributed by atoms with Crippen LogP contribution in [0, 0.1) is 5.92 Å². The first-order chi connectivity index (χ1) is 7.16. The van der Waals surface area contributed by atoms with Crippen LogP contribution in [-0.4, -0.2) is 21.2 Å². The number of carboxylic acids is 1. The maximum Gasteiger partial charge on any atom is 0.309 e. The van der Waals surface area contributed by atoms with Crippen LogP contribution in [0.3, 0.4) is 0 Å². The van der Waals surface area contributed by atoms with Crippen molar-refractivity contribution in [3.8, 4) is 0 Å². The fourth-order valence-electron chi connectivity index (χ4n) is 1.41. The zero-order chi connectivity index (χ0) is 11.3. The van der Waals surface area contributed by atoms with Crippen LogP contribution in [0.15, 0.2) is 10.9 Å². The number of aliphatic hydroxyl groups excluding tert-OH is 1. The number of aliphatic carboxylic acids is 1. The van der Waals surface area contributed by atoms with Gasteiger partial charge in [0, 0.05) is 5.38 Å². The summed E-state index contributed by atoms with van der Waals surface area (Å²) in [7, 11) is 0. The van der Waals surface area contributed by atoms with Crippen LogP contribution >= 0.6 is 11.3 Å². The highest BCUT2D eigenvalue weighted by Crippen LogP contribution is 2.26. The molecule has 0 radical (unpaired) electrons. The molecule has 0 bridgehead atoms. The molecule has 0 aromatic carbocycles. The Labute approximate surface area is 92.6 Å². The van der Waals surface area contributed by atoms with Crippen molar-refractivity contribution < 1.29 is 15.0 Å². The summed E-state index contributed by atoms with van der Waals surface area (Å²) >= 11 is 1.36. The van der Waals surface area contributed by atoms with Crippen LogP contribution in [0.4, 0.5) is 0 Å². The van der Waals surface area contributed by atoms with Gasteiger partial charge in [0.2, 0.25) is 0 Å². The predicted octanol–water partition coefficient (Wildman–Crippen LogP) is 2.07. The molecule has 0 amide bonds. The smallest absolute Gasteiger partial charge is 0.309 e. The summed E-state index contributed by atoms with van der Waals surface area (Å²) in [6.07, 6.45) is 1.23. The molecule has 0 fully saturated rings. The molecule has 0 saturated carbocycles. The lowest BCUT2D eigenvalue weighted by Crippen LogP contribution is -2.22. The second-order valence-corrected chi connectivity index (χ2v) is 4.16. The van der Waals surface area contributed by atoms with Crippen molar-refractivity contribution in [3.63, 3.8) is 0 Å². The van der Waals surface area contributed by atoms with Crippen molar-refractivity contribution in [2.75, 3.05) is 0 Å². The number of carbonyl (C=O) groups is 1. The van der Waals surface area contributed by atoms with Crippen molar-refractivity contribution in [1.29, 1.82) is 0 Å². The van der Waals surface area contributed by atoms with Crippen LogP contribution in [0.1, 0.15) is 38.0 Å². The Morgan fingerprint density at radius 2 is 2.40 bits per heavy atom. The zero-order valence-electron chi connectivity index (χ0n) is 8.59. The number of unbranched alkanes of at least 4 members (excludes halogenated alkanes) is 1. The number of nitrogens with zero attached hydrogens (tertiary/aromatic N) is 1. The van der Waals surface area contributed by atoms with Gasteiger partial charge in [-0.3, -0.25) is 4.79 Å². The van der Waals surface area contributed by atoms with E-state index in [-0.39, 0.29) is 0 Å². The molecule has 2 N–H and O–H groups in total. The van der Waals surface area contributed by atoms with Crippen LogP contribution in [0.2, 0.25) is 0 Å². The average Bonchev–Trinajstić information content (AvgIpc) is 2.70. The van der Waals surface area contributed by atoms with Crippen LogP contribution in [0.25, 0.3) is 0 Å². The highest BCUT2D eigenvalue weighted by molar-refractivity contribution is 7.07. The molecular weight excluding hydrogens is 214 g/mol. The number of hydrogen-bond acceptors (Lipinski definition) is 4. The summed E-state index contributed by atoms with van der Waals surface area (Å²) in [4.78, 5) is 14.9. The molecule has 1 aromatic rings. The third-order valence-electron chi connectivity index (χ3n) is 2.32. The van der Waals surface area contributed by atoms with Crippen molar-refractivity contribution in [1.82, 2.24) is 4.98 Å². The van der Waals surface area contributed by atoms with Crippen molar-refractivity contribution >= 4 is 17.3 Å². The van der Waals surface area contributed by atoms with Gasteiger partial charge in [0.15, 0.2) is 0 Å². The third kappa shape index (κ3) is 3.28. The monoisotopic (exact) mass is 229 g/mol. The first kappa shape index (κ1) is 12.1. The summed E-state index contributed by atoms with van der Waals surface area (Å²) in [5.41, 5.74) is 2.06. The summed E-state index contributed by atoms with van der Waals surface area (Å²) in [6, 6.07) is 0. The molecule has 0 aliphatic rings. The normalized spacial score (nSPS) is 14.8. The molecule has 84 valence electrons. The average molecular weight is 229 g/mol. The van der Waals surface area contributed by atoms with E-state index in [4.69, 9.17) is 5.11 Å². The molecule has 2 atom stereocenters. The topological polar surface area (TPSA) is 70.4 Å². The van der Waals surface area contributed by atoms with E-state index < -0.39 is 18.0 Å². The summed E-state index contributed by atoms with van der Waals surface area (Å²) in [5.74, 6) is -1.70. The van der Waals surface area contributed by atoms with Gasteiger partial charge in [-0.2, -0.15) is 0 Å². The van der Waals surface area contributed by atoms with E-state index in [1.165, 1.54) is 11.3 Å². The predicted molar refractivity (Wildman–Crippen MR) is 57.7 cm³/mol. The van der Waals surface area contributed by atoms with Gasteiger partial charge in [-0.1, -0.05) is 19.8 Å². The Hall–Kier alpha value is -0.940. The Morgan fingerprint density at radius 1 is 1.67 bits per heavy atom. The van der Waals surface area contributed by atoms with Crippen LogP contribution in [0.5, 0.6) is 0 Å². The molecule has 1 rings (SSSR count). The highest BCUT2D eigenvalue weighted by Gasteiger charge is 2.28. The van der Waals surface area contributed by atoms with Crippen molar-refractivity contribution in [2.45, 2.75) is 32.3 Å². The van der Waals surface area contributed by atoms with E-state index in [1.807, 2.05) is 6.92 Å². The minimum Gasteiger partial charge on any atom is -0.481 e. The zero-order valence-corrected chi connectivity index (χ0v) is 9.41. The molecule has 1 aromatic heterocycles. The number of thiazole rings is 1. The maximum atomic E-state index is 11.0. The largest absolute Gasteiger partial charge is 0.481 e. The summed E-state index contributed by atoms with van der Waals surface area (Å²) in [6.45, 7) is 1.99. The Morgan fingerprint density at radius 3 is 2.87 bits per heavy atom. The van der Waals surface area contributed by atoms with Gasteiger partial charge in [-0.25, -0.2) is 4.98 Å². The van der Waals surface area contributed by atoms with E-state index in [0.717, 1.165) is 12.8 Å². The summed E-state index contributed by atoms with van der Waals surface area (Å²) in [5, 5.41) is 20.5. The fraction of sp³-hybridized carbons (Fsp3) is 0.600. The third-order valence-corrected chi connectivity index (χ3v) is 2.93. The van der Waals surface area contributed by atoms with Crippen molar-refractivity contribution in [2.24, 2.45) is 5.92 Å².